The number of fused-ring (bicyclic) bond motifs is 4. The molecular weight excluding hydrogens is 502 g/mol. The molecule has 5 heterocycles. The average molecular weight is 537 g/mol. The van der Waals surface area contributed by atoms with Crippen molar-refractivity contribution in [1.29, 1.82) is 0 Å². The van der Waals surface area contributed by atoms with E-state index in [9.17, 15) is 9.50 Å². The molecule has 3 atom stereocenters. The largest absolute Gasteiger partial charge is 0.503 e. The minimum atomic E-state index is -0.945. The van der Waals surface area contributed by atoms with Crippen molar-refractivity contribution in [3.63, 3.8) is 0 Å². The van der Waals surface area contributed by atoms with Gasteiger partial charge in [0.15, 0.2) is 17.4 Å². The first-order valence-corrected chi connectivity index (χ1v) is 14.0. The third-order valence-electron chi connectivity index (χ3n) is 8.97. The van der Waals surface area contributed by atoms with Gasteiger partial charge in [-0.3, -0.25) is 0 Å². The van der Waals surface area contributed by atoms with Crippen molar-refractivity contribution in [2.75, 3.05) is 49.6 Å². The zero-order valence-electron chi connectivity index (χ0n) is 22.2. The summed E-state index contributed by atoms with van der Waals surface area (Å²) < 4.78 is 36.3. The van der Waals surface area contributed by atoms with Crippen molar-refractivity contribution in [2.45, 2.75) is 56.8 Å². The molecule has 39 heavy (non-hydrogen) atoms. The second kappa shape index (κ2) is 9.75. The van der Waals surface area contributed by atoms with Gasteiger partial charge in [-0.05, 0) is 45.7 Å². The van der Waals surface area contributed by atoms with E-state index in [2.05, 4.69) is 22.2 Å². The fourth-order valence-corrected chi connectivity index (χ4v) is 6.88. The van der Waals surface area contributed by atoms with Crippen LogP contribution in [0.25, 0.3) is 10.8 Å². The summed E-state index contributed by atoms with van der Waals surface area (Å²) in [6.45, 7) is 4.18. The third-order valence-corrected chi connectivity index (χ3v) is 8.97. The van der Waals surface area contributed by atoms with Crippen molar-refractivity contribution in [2.24, 2.45) is 0 Å². The van der Waals surface area contributed by atoms with Crippen LogP contribution in [0.15, 0.2) is 24.3 Å². The van der Waals surface area contributed by atoms with E-state index in [1.807, 2.05) is 4.90 Å². The van der Waals surface area contributed by atoms with Crippen LogP contribution in [0, 0.1) is 11.6 Å². The number of rotatable bonds is 5. The van der Waals surface area contributed by atoms with E-state index in [1.165, 1.54) is 12.8 Å². The monoisotopic (exact) mass is 536 g/mol. The Bertz CT molecular complexity index is 1410. The average Bonchev–Trinajstić information content (AvgIpc) is 3.52. The number of nitrogens with zero attached hydrogens (tertiary/aromatic N) is 5. The molecule has 1 aromatic heterocycles. The summed E-state index contributed by atoms with van der Waals surface area (Å²) in [6, 6.07) is 8.29. The number of likely N-dealkylation sites (tertiary alicyclic amines) is 1. The molecule has 0 aliphatic carbocycles. The molecule has 0 unspecified atom stereocenters. The first kappa shape index (κ1) is 24.8. The van der Waals surface area contributed by atoms with Gasteiger partial charge in [0.05, 0.1) is 17.9 Å². The highest BCUT2D eigenvalue weighted by Crippen LogP contribution is 2.41. The molecule has 3 fully saturated rings. The molecule has 3 saturated heterocycles. The number of anilines is 2. The number of hydrogen-bond donors (Lipinski definition) is 2. The summed E-state index contributed by atoms with van der Waals surface area (Å²) in [6.07, 6.45) is 5.19. The lowest BCUT2D eigenvalue weighted by atomic mass is 10.0. The summed E-state index contributed by atoms with van der Waals surface area (Å²) in [7, 11) is 2.12. The van der Waals surface area contributed by atoms with E-state index in [1.54, 1.807) is 24.3 Å². The highest BCUT2D eigenvalue weighted by molar-refractivity contribution is 5.96. The fraction of sp³-hybridized carbons (Fsp3) is 0.517. The van der Waals surface area contributed by atoms with Gasteiger partial charge >= 0.3 is 6.01 Å². The lowest BCUT2D eigenvalue weighted by molar-refractivity contribution is 0.187. The predicted molar refractivity (Wildman–Crippen MR) is 146 cm³/mol. The number of nitrogens with one attached hydrogen (secondary N) is 1. The minimum absolute atomic E-state index is 0.196. The van der Waals surface area contributed by atoms with Gasteiger partial charge in [-0.1, -0.05) is 24.3 Å². The maximum Gasteiger partial charge on any atom is 0.318 e. The van der Waals surface area contributed by atoms with Gasteiger partial charge in [0.25, 0.3) is 0 Å². The van der Waals surface area contributed by atoms with Crippen molar-refractivity contribution < 1.29 is 18.6 Å². The van der Waals surface area contributed by atoms with Gasteiger partial charge in [0.1, 0.15) is 12.4 Å². The number of phenols is 1. The first-order valence-electron chi connectivity index (χ1n) is 14.0. The zero-order chi connectivity index (χ0) is 26.7. The molecule has 0 saturated carbocycles. The fourth-order valence-electron chi connectivity index (χ4n) is 6.88. The Morgan fingerprint density at radius 1 is 1.00 bits per heavy atom. The Morgan fingerprint density at radius 2 is 1.77 bits per heavy atom. The van der Waals surface area contributed by atoms with Crippen LogP contribution in [0.2, 0.25) is 0 Å². The minimum Gasteiger partial charge on any atom is -0.503 e. The van der Waals surface area contributed by atoms with Crippen LogP contribution in [-0.4, -0.2) is 77.9 Å². The van der Waals surface area contributed by atoms with Crippen LogP contribution in [-0.2, 0) is 13.0 Å². The Labute approximate surface area is 226 Å². The topological polar surface area (TPSA) is 77.0 Å². The quantitative estimate of drug-likeness (QED) is 0.513. The lowest BCUT2D eigenvalue weighted by Gasteiger charge is -2.37. The lowest BCUT2D eigenvalue weighted by Crippen LogP contribution is -2.52. The first-order chi connectivity index (χ1) is 19.0. The molecule has 2 bridgehead atoms. The number of likely N-dealkylation sites (N-methyl/N-ethyl adjacent to an activating group) is 1. The summed E-state index contributed by atoms with van der Waals surface area (Å²) in [5.41, 5.74) is 2.05. The molecule has 3 aromatic rings. The number of aromatic nitrogens is 2. The number of ether oxygens (including phenoxy) is 1. The highest BCUT2D eigenvalue weighted by Gasteiger charge is 2.36. The Morgan fingerprint density at radius 3 is 2.51 bits per heavy atom. The molecule has 4 aliphatic heterocycles. The Hall–Kier alpha value is -3.24. The number of hydrogen-bond acceptors (Lipinski definition) is 8. The predicted octanol–water partition coefficient (Wildman–Crippen LogP) is 3.59. The van der Waals surface area contributed by atoms with Crippen molar-refractivity contribution in [1.82, 2.24) is 20.2 Å². The molecule has 206 valence electrons. The number of phenolic OH excluding ortho intramolecular Hbond substituents is 1. The standard InChI is InChI=1S/C29H34F2N6O2/c1-35-11-4-5-19(35)16-39-29-33-23-15-36(26-21-7-3-2-6-20(21)24(30)27(38)25(26)31)12-10-22(23)28(34-29)37-13-17-8-9-18(14-37)32-17/h2-3,6-7,17-19,32,38H,4-5,8-16H2,1H3/t17-,18+,19-/m0/s1. The van der Waals surface area contributed by atoms with Gasteiger partial charge in [0.2, 0.25) is 0 Å². The number of benzene rings is 2. The van der Waals surface area contributed by atoms with Gasteiger partial charge < -0.3 is 29.9 Å². The summed E-state index contributed by atoms with van der Waals surface area (Å²) in [5.74, 6) is -1.91. The SMILES string of the molecule is CN1CCC[C@H]1COc1nc2c(c(N3C[C@H]4CC[C@@H](C3)N4)n1)CCN(c1c(F)c(O)c(F)c3ccccc13)C2. The van der Waals surface area contributed by atoms with Gasteiger partial charge in [-0.25, -0.2) is 8.78 Å². The molecule has 2 aromatic carbocycles. The maximum atomic E-state index is 15.4. The van der Waals surface area contributed by atoms with Crippen LogP contribution in [0.3, 0.4) is 0 Å². The number of halogens is 2. The van der Waals surface area contributed by atoms with Crippen molar-refractivity contribution in [3.05, 3.63) is 47.2 Å². The van der Waals surface area contributed by atoms with E-state index in [-0.39, 0.29) is 11.1 Å². The van der Waals surface area contributed by atoms with Crippen LogP contribution < -0.4 is 19.9 Å². The van der Waals surface area contributed by atoms with E-state index >= 15 is 4.39 Å². The number of aromatic hydroxyl groups is 1. The van der Waals surface area contributed by atoms with E-state index in [0.29, 0.717) is 55.6 Å². The van der Waals surface area contributed by atoms with Crippen LogP contribution in [0.4, 0.5) is 20.3 Å². The second-order valence-corrected chi connectivity index (χ2v) is 11.4. The maximum absolute atomic E-state index is 15.4. The second-order valence-electron chi connectivity index (χ2n) is 11.4. The Kier molecular flexibility index (Phi) is 6.19. The third kappa shape index (κ3) is 4.34. The Balaban J connectivity index is 1.26. The zero-order valence-corrected chi connectivity index (χ0v) is 22.2. The molecule has 0 spiro atoms. The van der Waals surface area contributed by atoms with E-state index < -0.39 is 17.4 Å². The van der Waals surface area contributed by atoms with Gasteiger partial charge in [-0.2, -0.15) is 9.97 Å². The molecule has 0 radical (unpaired) electrons. The smallest absolute Gasteiger partial charge is 0.318 e. The summed E-state index contributed by atoms with van der Waals surface area (Å²) in [5, 5.41) is 14.6. The molecule has 10 heteroatoms. The molecule has 4 aliphatic rings. The summed E-state index contributed by atoms with van der Waals surface area (Å²) >= 11 is 0. The van der Waals surface area contributed by atoms with Crippen LogP contribution in [0.1, 0.15) is 36.9 Å². The molecule has 0 amide bonds. The van der Waals surface area contributed by atoms with Crippen molar-refractivity contribution in [3.8, 4) is 11.8 Å². The van der Waals surface area contributed by atoms with Gasteiger partial charge in [0, 0.05) is 54.1 Å². The molecule has 7 rings (SSSR count). The molecular formula is C29H34F2N6O2. The van der Waals surface area contributed by atoms with Crippen LogP contribution >= 0.6 is 0 Å². The normalized spacial score (nSPS) is 24.9. The van der Waals surface area contributed by atoms with Crippen LogP contribution in [0.5, 0.6) is 11.8 Å². The van der Waals surface area contributed by atoms with E-state index in [0.717, 1.165) is 49.6 Å². The summed E-state index contributed by atoms with van der Waals surface area (Å²) in [4.78, 5) is 16.3. The molecule has 2 N–H and O–H groups in total. The van der Waals surface area contributed by atoms with E-state index in [4.69, 9.17) is 14.7 Å². The van der Waals surface area contributed by atoms with Gasteiger partial charge in [-0.15, -0.1) is 0 Å². The van der Waals surface area contributed by atoms with Crippen molar-refractivity contribution >= 4 is 22.3 Å². The highest BCUT2D eigenvalue weighted by atomic mass is 19.1. The molecule has 8 nitrogen and oxygen atoms in total. The number of piperazine rings is 1.